The first kappa shape index (κ1) is 24.7. The minimum atomic E-state index is -0.0727. The van der Waals surface area contributed by atoms with Crippen LogP contribution in [0.2, 0.25) is 0 Å². The number of rotatable bonds is 10. The summed E-state index contributed by atoms with van der Waals surface area (Å²) in [5.41, 5.74) is 3.39. The van der Waals surface area contributed by atoms with E-state index >= 15 is 0 Å². The van der Waals surface area contributed by atoms with Crippen LogP contribution < -0.4 is 15.4 Å². The number of nitrogens with zero attached hydrogens (tertiary/aromatic N) is 2. The van der Waals surface area contributed by atoms with Crippen LogP contribution in [-0.4, -0.2) is 76.0 Å². The van der Waals surface area contributed by atoms with Crippen molar-refractivity contribution in [2.45, 2.75) is 18.9 Å². The molecule has 0 aromatic heterocycles. The molecule has 7 heteroatoms. The van der Waals surface area contributed by atoms with Gasteiger partial charge in [-0.3, -0.25) is 9.59 Å². The fourth-order valence-corrected chi connectivity index (χ4v) is 4.28. The molecular formula is C26H36N4O3. The van der Waals surface area contributed by atoms with E-state index in [-0.39, 0.29) is 23.7 Å². The van der Waals surface area contributed by atoms with Crippen molar-refractivity contribution < 1.29 is 14.3 Å². The molecule has 0 radical (unpaired) electrons. The van der Waals surface area contributed by atoms with Gasteiger partial charge in [0.1, 0.15) is 5.75 Å². The van der Waals surface area contributed by atoms with Gasteiger partial charge < -0.3 is 25.2 Å². The zero-order valence-corrected chi connectivity index (χ0v) is 20.1. The summed E-state index contributed by atoms with van der Waals surface area (Å²) in [5, 5.41) is 6.07. The lowest BCUT2D eigenvalue weighted by molar-refractivity contribution is -0.125. The number of likely N-dealkylation sites (N-methyl/N-ethyl adjacent to an activating group) is 2. The second-order valence-corrected chi connectivity index (χ2v) is 9.08. The van der Waals surface area contributed by atoms with E-state index in [2.05, 4.69) is 34.7 Å². The van der Waals surface area contributed by atoms with Crippen LogP contribution in [-0.2, 0) is 22.6 Å². The zero-order chi connectivity index (χ0) is 23.8. The maximum absolute atomic E-state index is 13.0. The quantitative estimate of drug-likeness (QED) is 0.576. The summed E-state index contributed by atoms with van der Waals surface area (Å²) < 4.78 is 5.19. The molecule has 0 bridgehead atoms. The molecule has 0 unspecified atom stereocenters. The largest absolute Gasteiger partial charge is 0.497 e. The lowest BCUT2D eigenvalue weighted by Crippen LogP contribution is -2.35. The Bertz CT molecular complexity index is 912. The van der Waals surface area contributed by atoms with Crippen LogP contribution in [0.4, 0.5) is 0 Å². The van der Waals surface area contributed by atoms with Crippen molar-refractivity contribution in [3.05, 3.63) is 65.2 Å². The number of amides is 2. The predicted molar refractivity (Wildman–Crippen MR) is 130 cm³/mol. The molecule has 1 aliphatic rings. The molecule has 2 amide bonds. The molecule has 0 aliphatic carbocycles. The summed E-state index contributed by atoms with van der Waals surface area (Å²) in [6.45, 7) is 3.11. The van der Waals surface area contributed by atoms with Gasteiger partial charge in [0.05, 0.1) is 19.6 Å². The third-order valence-electron chi connectivity index (χ3n) is 6.07. The topological polar surface area (TPSA) is 73.9 Å². The van der Waals surface area contributed by atoms with E-state index in [1.54, 1.807) is 7.11 Å². The molecule has 2 aromatic rings. The average Bonchev–Trinajstić information content (AvgIpc) is 3.20. The Morgan fingerprint density at radius 3 is 2.30 bits per heavy atom. The highest BCUT2D eigenvalue weighted by Gasteiger charge is 2.36. The number of carbonyl (C=O) groups excluding carboxylic acids is 2. The molecular weight excluding hydrogens is 416 g/mol. The van der Waals surface area contributed by atoms with Crippen molar-refractivity contribution in [2.24, 2.45) is 5.92 Å². The SMILES string of the molecule is COc1ccc(CCNC(=O)[C@H]2CN(C)C[C@@H]2c2ccc(CNC(=O)CN(C)C)cc2)cc1. The van der Waals surface area contributed by atoms with Gasteiger partial charge in [-0.25, -0.2) is 0 Å². The molecule has 3 rings (SSSR count). The molecule has 0 saturated carbocycles. The van der Waals surface area contributed by atoms with E-state index in [4.69, 9.17) is 4.74 Å². The normalized spacial score (nSPS) is 18.3. The first-order chi connectivity index (χ1) is 15.9. The average molecular weight is 453 g/mol. The number of hydrogen-bond donors (Lipinski definition) is 2. The van der Waals surface area contributed by atoms with Crippen LogP contribution in [0.3, 0.4) is 0 Å². The Labute approximate surface area is 197 Å². The van der Waals surface area contributed by atoms with Gasteiger partial charge in [0.25, 0.3) is 0 Å². The van der Waals surface area contributed by atoms with Crippen LogP contribution in [0.5, 0.6) is 5.75 Å². The van der Waals surface area contributed by atoms with E-state index in [9.17, 15) is 9.59 Å². The summed E-state index contributed by atoms with van der Waals surface area (Å²) in [4.78, 5) is 28.9. The lowest BCUT2D eigenvalue weighted by atomic mass is 9.88. The van der Waals surface area contributed by atoms with Crippen molar-refractivity contribution in [3.63, 3.8) is 0 Å². The molecule has 2 N–H and O–H groups in total. The Morgan fingerprint density at radius 1 is 1.00 bits per heavy atom. The predicted octanol–water partition coefficient (Wildman–Crippen LogP) is 1.88. The first-order valence-electron chi connectivity index (χ1n) is 11.4. The lowest BCUT2D eigenvalue weighted by Gasteiger charge is -2.19. The summed E-state index contributed by atoms with van der Waals surface area (Å²) >= 11 is 0. The maximum Gasteiger partial charge on any atom is 0.234 e. The van der Waals surface area contributed by atoms with Crippen LogP contribution in [0.15, 0.2) is 48.5 Å². The van der Waals surface area contributed by atoms with E-state index in [1.807, 2.05) is 55.4 Å². The third-order valence-corrected chi connectivity index (χ3v) is 6.07. The van der Waals surface area contributed by atoms with E-state index in [0.29, 0.717) is 19.6 Å². The number of carbonyl (C=O) groups is 2. The fourth-order valence-electron chi connectivity index (χ4n) is 4.28. The van der Waals surface area contributed by atoms with Gasteiger partial charge in [0, 0.05) is 32.1 Å². The van der Waals surface area contributed by atoms with Gasteiger partial charge >= 0.3 is 0 Å². The Balaban J connectivity index is 1.53. The molecule has 33 heavy (non-hydrogen) atoms. The van der Waals surface area contributed by atoms with Crippen LogP contribution in [0.1, 0.15) is 22.6 Å². The molecule has 178 valence electrons. The molecule has 0 spiro atoms. The Morgan fingerprint density at radius 2 is 1.67 bits per heavy atom. The summed E-state index contributed by atoms with van der Waals surface area (Å²) in [6.07, 6.45) is 0.789. The molecule has 1 heterocycles. The summed E-state index contributed by atoms with van der Waals surface area (Å²) in [6, 6.07) is 16.2. The Hall–Kier alpha value is -2.90. The number of likely N-dealkylation sites (tertiary alicyclic amines) is 1. The van der Waals surface area contributed by atoms with Crippen molar-refractivity contribution in [1.29, 1.82) is 0 Å². The second kappa shape index (κ2) is 11.8. The first-order valence-corrected chi connectivity index (χ1v) is 11.4. The molecule has 1 saturated heterocycles. The number of hydrogen-bond acceptors (Lipinski definition) is 5. The second-order valence-electron chi connectivity index (χ2n) is 9.08. The number of benzene rings is 2. The van der Waals surface area contributed by atoms with Crippen molar-refractivity contribution >= 4 is 11.8 Å². The molecule has 1 aliphatic heterocycles. The fraction of sp³-hybridized carbons (Fsp3) is 0.462. The maximum atomic E-state index is 13.0. The summed E-state index contributed by atoms with van der Waals surface area (Å²) in [7, 11) is 7.46. The zero-order valence-electron chi connectivity index (χ0n) is 20.1. The van der Waals surface area contributed by atoms with Crippen molar-refractivity contribution in [3.8, 4) is 5.75 Å². The monoisotopic (exact) mass is 452 g/mol. The van der Waals surface area contributed by atoms with Crippen LogP contribution in [0.25, 0.3) is 0 Å². The molecule has 2 atom stereocenters. The van der Waals surface area contributed by atoms with Crippen LogP contribution in [0, 0.1) is 5.92 Å². The molecule has 1 fully saturated rings. The van der Waals surface area contributed by atoms with Gasteiger partial charge in [-0.15, -0.1) is 0 Å². The molecule has 7 nitrogen and oxygen atoms in total. The van der Waals surface area contributed by atoms with Gasteiger partial charge in [0.2, 0.25) is 11.8 Å². The minimum absolute atomic E-state index is 0.00729. The van der Waals surface area contributed by atoms with Gasteiger partial charge in [0.15, 0.2) is 0 Å². The standard InChI is InChI=1S/C26H36N4O3/c1-29(2)18-25(31)28-15-20-5-9-21(10-6-20)23-16-30(3)17-24(23)26(32)27-14-13-19-7-11-22(33-4)12-8-19/h5-12,23-24H,13-18H2,1-4H3,(H,27,32)(H,28,31)/t23-,24+/m1/s1. The highest BCUT2D eigenvalue weighted by Crippen LogP contribution is 2.32. The van der Waals surface area contributed by atoms with Gasteiger partial charge in [-0.2, -0.15) is 0 Å². The van der Waals surface area contributed by atoms with E-state index < -0.39 is 0 Å². The van der Waals surface area contributed by atoms with Crippen LogP contribution >= 0.6 is 0 Å². The smallest absolute Gasteiger partial charge is 0.234 e. The van der Waals surface area contributed by atoms with E-state index in [0.717, 1.165) is 36.4 Å². The number of nitrogens with one attached hydrogen (secondary N) is 2. The van der Waals surface area contributed by atoms with Gasteiger partial charge in [-0.05, 0) is 56.4 Å². The number of methoxy groups -OCH3 is 1. The number of ether oxygens (including phenoxy) is 1. The highest BCUT2D eigenvalue weighted by molar-refractivity contribution is 5.80. The Kier molecular flexibility index (Phi) is 8.86. The van der Waals surface area contributed by atoms with Crippen molar-refractivity contribution in [1.82, 2.24) is 20.4 Å². The molecule has 2 aromatic carbocycles. The minimum Gasteiger partial charge on any atom is -0.497 e. The highest BCUT2D eigenvalue weighted by atomic mass is 16.5. The summed E-state index contributed by atoms with van der Waals surface area (Å²) in [5.74, 6) is 1.04. The van der Waals surface area contributed by atoms with Crippen molar-refractivity contribution in [2.75, 3.05) is 54.4 Å². The third kappa shape index (κ3) is 7.30. The van der Waals surface area contributed by atoms with Gasteiger partial charge in [-0.1, -0.05) is 36.4 Å². The van der Waals surface area contributed by atoms with E-state index in [1.165, 1.54) is 5.56 Å².